The third kappa shape index (κ3) is 8.72. The van der Waals surface area contributed by atoms with E-state index in [2.05, 4.69) is 31.9 Å². The van der Waals surface area contributed by atoms with Gasteiger partial charge in [-0.1, -0.05) is 94.3 Å². The lowest BCUT2D eigenvalue weighted by Crippen LogP contribution is -2.30. The Labute approximate surface area is 283 Å². The number of anilines is 2. The third-order valence-electron chi connectivity index (χ3n) is 6.63. The number of hydrogen-bond acceptors (Lipinski definition) is 4. The van der Waals surface area contributed by atoms with E-state index in [4.69, 9.17) is 11.6 Å². The van der Waals surface area contributed by atoms with Crippen molar-refractivity contribution in [2.24, 2.45) is 0 Å². The van der Waals surface area contributed by atoms with Crippen molar-refractivity contribution in [1.82, 2.24) is 5.32 Å². The largest absolute Gasteiger partial charge is 0.322 e. The highest BCUT2D eigenvalue weighted by molar-refractivity contribution is 9.10. The van der Waals surface area contributed by atoms with Gasteiger partial charge in [-0.25, -0.2) is 4.39 Å². The number of thioether (sulfide) groups is 1. The van der Waals surface area contributed by atoms with E-state index < -0.39 is 28.8 Å². The first-order valence-corrected chi connectivity index (χ1v) is 16.0. The normalized spacial score (nSPS) is 11.8. The minimum absolute atomic E-state index is 0.00129. The highest BCUT2D eigenvalue weighted by Crippen LogP contribution is 2.37. The fraction of sp³-hybridized carbons (Fsp3) is 0.0278. The van der Waals surface area contributed by atoms with Gasteiger partial charge in [-0.15, -0.1) is 11.8 Å². The first-order valence-electron chi connectivity index (χ1n) is 14.0. The summed E-state index contributed by atoms with van der Waals surface area (Å²) < 4.78 is 15.1. The number of halogens is 3. The van der Waals surface area contributed by atoms with Crippen LogP contribution >= 0.6 is 39.3 Å². The first-order chi connectivity index (χ1) is 22.3. The van der Waals surface area contributed by atoms with Gasteiger partial charge in [-0.3, -0.25) is 14.4 Å². The average Bonchev–Trinajstić information content (AvgIpc) is 3.07. The van der Waals surface area contributed by atoms with Crippen molar-refractivity contribution < 1.29 is 18.8 Å². The molecule has 0 radical (unpaired) electrons. The summed E-state index contributed by atoms with van der Waals surface area (Å²) in [4.78, 5) is 40.5. The molecule has 10 heteroatoms. The number of benzene rings is 5. The quantitative estimate of drug-likeness (QED) is 0.0995. The molecule has 5 aromatic rings. The maximum absolute atomic E-state index is 14.5. The van der Waals surface area contributed by atoms with Crippen LogP contribution in [0.1, 0.15) is 26.7 Å². The van der Waals surface area contributed by atoms with Gasteiger partial charge in [0.05, 0.1) is 5.69 Å². The summed E-state index contributed by atoms with van der Waals surface area (Å²) in [5, 5.41) is 7.94. The Morgan fingerprint density at radius 3 is 2.11 bits per heavy atom. The van der Waals surface area contributed by atoms with Crippen LogP contribution in [-0.4, -0.2) is 17.7 Å². The lowest BCUT2D eigenvalue weighted by atomic mass is 10.1. The van der Waals surface area contributed by atoms with Gasteiger partial charge >= 0.3 is 0 Å². The molecule has 0 aromatic heterocycles. The summed E-state index contributed by atoms with van der Waals surface area (Å²) in [6.45, 7) is 0. The van der Waals surface area contributed by atoms with Crippen LogP contribution in [0.5, 0.6) is 0 Å². The highest BCUT2D eigenvalue weighted by atomic mass is 79.9. The molecular weight excluding hydrogens is 689 g/mol. The molecule has 0 aliphatic rings. The van der Waals surface area contributed by atoms with E-state index in [0.717, 1.165) is 10.5 Å². The van der Waals surface area contributed by atoms with Crippen molar-refractivity contribution >= 4 is 74.5 Å². The monoisotopic (exact) mass is 713 g/mol. The maximum atomic E-state index is 14.5. The van der Waals surface area contributed by atoms with E-state index >= 15 is 0 Å². The van der Waals surface area contributed by atoms with Crippen LogP contribution in [0.2, 0.25) is 5.02 Å². The Kier molecular flexibility index (Phi) is 11.0. The molecule has 0 saturated carbocycles. The van der Waals surface area contributed by atoms with Crippen LogP contribution in [0, 0.1) is 5.82 Å². The van der Waals surface area contributed by atoms with E-state index in [1.165, 1.54) is 30.0 Å². The Balaban J connectivity index is 1.33. The molecule has 5 aromatic carbocycles. The van der Waals surface area contributed by atoms with Crippen molar-refractivity contribution in [3.63, 3.8) is 0 Å². The zero-order valence-corrected chi connectivity index (χ0v) is 27.2. The number of rotatable bonds is 10. The molecule has 0 heterocycles. The molecule has 3 amide bonds. The molecular formula is C36H26BrClFN3O3S. The number of carbonyl (C=O) groups is 3. The van der Waals surface area contributed by atoms with E-state index in [9.17, 15) is 18.8 Å². The molecule has 46 heavy (non-hydrogen) atoms. The molecule has 0 aliphatic carbocycles. The predicted molar refractivity (Wildman–Crippen MR) is 186 cm³/mol. The minimum atomic E-state index is -0.692. The van der Waals surface area contributed by atoms with Crippen LogP contribution in [-0.2, 0) is 9.59 Å². The zero-order chi connectivity index (χ0) is 32.5. The number of carbonyl (C=O) groups excluding carboxylic acids is 3. The van der Waals surface area contributed by atoms with Crippen molar-refractivity contribution in [3.8, 4) is 0 Å². The van der Waals surface area contributed by atoms with Crippen LogP contribution < -0.4 is 16.0 Å². The Bertz CT molecular complexity index is 1890. The van der Waals surface area contributed by atoms with Crippen LogP contribution in [0.25, 0.3) is 6.08 Å². The number of hydrogen-bond donors (Lipinski definition) is 3. The molecule has 5 rings (SSSR count). The average molecular weight is 715 g/mol. The molecule has 0 fully saturated rings. The summed E-state index contributed by atoms with van der Waals surface area (Å²) in [5.41, 5.74) is 2.23. The first kappa shape index (κ1) is 32.7. The van der Waals surface area contributed by atoms with E-state index in [-0.39, 0.29) is 11.4 Å². The number of amides is 3. The third-order valence-corrected chi connectivity index (χ3v) is 8.73. The Hall–Kier alpha value is -4.70. The van der Waals surface area contributed by atoms with Crippen molar-refractivity contribution in [2.75, 3.05) is 10.6 Å². The fourth-order valence-corrected chi connectivity index (χ4v) is 5.88. The second-order valence-corrected chi connectivity index (χ2v) is 12.4. The second-order valence-electron chi connectivity index (χ2n) is 9.90. The molecule has 6 nitrogen and oxygen atoms in total. The second kappa shape index (κ2) is 15.5. The molecule has 230 valence electrons. The van der Waals surface area contributed by atoms with Gasteiger partial charge in [0.15, 0.2) is 0 Å². The van der Waals surface area contributed by atoms with Gasteiger partial charge in [0.2, 0.25) is 5.91 Å². The minimum Gasteiger partial charge on any atom is -0.322 e. The molecule has 0 bridgehead atoms. The molecule has 0 spiro atoms. The van der Waals surface area contributed by atoms with E-state index in [0.29, 0.717) is 26.3 Å². The number of nitrogens with one attached hydrogen (secondary N) is 3. The van der Waals surface area contributed by atoms with Crippen molar-refractivity contribution in [3.05, 3.63) is 165 Å². The highest BCUT2D eigenvalue weighted by Gasteiger charge is 2.23. The SMILES string of the molecule is O=C(Nc1ccc(SC(C(=O)Nc2ccc(Br)cc2F)c2ccccc2)cc1)/C(=C/c1ccccc1Cl)NC(=O)c1ccccc1. The Morgan fingerprint density at radius 1 is 0.783 bits per heavy atom. The van der Waals surface area contributed by atoms with Gasteiger partial charge in [-0.05, 0) is 77.9 Å². The van der Waals surface area contributed by atoms with Gasteiger partial charge in [0, 0.05) is 25.6 Å². The van der Waals surface area contributed by atoms with Crippen molar-refractivity contribution in [1.29, 1.82) is 0 Å². The molecule has 1 unspecified atom stereocenters. The molecule has 3 N–H and O–H groups in total. The molecule has 0 aliphatic heterocycles. The van der Waals surface area contributed by atoms with Crippen molar-refractivity contribution in [2.45, 2.75) is 10.1 Å². The fourth-order valence-electron chi connectivity index (χ4n) is 4.33. The van der Waals surface area contributed by atoms with Crippen LogP contribution in [0.3, 0.4) is 0 Å². The zero-order valence-electron chi connectivity index (χ0n) is 24.0. The summed E-state index contributed by atoms with van der Waals surface area (Å²) in [7, 11) is 0. The van der Waals surface area contributed by atoms with Crippen LogP contribution in [0.15, 0.2) is 142 Å². The summed E-state index contributed by atoms with van der Waals surface area (Å²) in [5.74, 6) is -1.95. The topological polar surface area (TPSA) is 87.3 Å². The predicted octanol–water partition coefficient (Wildman–Crippen LogP) is 9.12. The van der Waals surface area contributed by atoms with Gasteiger partial charge < -0.3 is 16.0 Å². The summed E-state index contributed by atoms with van der Waals surface area (Å²) in [6, 6.07) is 36.1. The summed E-state index contributed by atoms with van der Waals surface area (Å²) >= 11 is 10.8. The van der Waals surface area contributed by atoms with E-state index in [1.54, 1.807) is 84.9 Å². The molecule has 1 atom stereocenters. The van der Waals surface area contributed by atoms with Crippen LogP contribution in [0.4, 0.5) is 15.8 Å². The van der Waals surface area contributed by atoms with Gasteiger partial charge in [-0.2, -0.15) is 0 Å². The van der Waals surface area contributed by atoms with Gasteiger partial charge in [0.25, 0.3) is 11.8 Å². The lowest BCUT2D eigenvalue weighted by molar-refractivity contribution is -0.116. The smallest absolute Gasteiger partial charge is 0.272 e. The lowest BCUT2D eigenvalue weighted by Gasteiger charge is -2.18. The summed E-state index contributed by atoms with van der Waals surface area (Å²) in [6.07, 6.45) is 1.51. The maximum Gasteiger partial charge on any atom is 0.272 e. The van der Waals surface area contributed by atoms with Gasteiger partial charge in [0.1, 0.15) is 16.8 Å². The Morgan fingerprint density at radius 2 is 1.43 bits per heavy atom. The van der Waals surface area contributed by atoms with E-state index in [1.807, 2.05) is 30.3 Å². The standard InChI is InChI=1S/C36H26BrClFN3O3S/c37-26-15-20-31(30(39)22-26)41-36(45)33(23-9-3-1-4-10-23)46-28-18-16-27(17-19-28)40-35(44)32(21-25-13-7-8-14-29(25)38)42-34(43)24-11-5-2-6-12-24/h1-22,33H,(H,40,44)(H,41,45)(H,42,43)/b32-21-. The molecule has 0 saturated heterocycles.